The molecule has 2 rings (SSSR count). The lowest BCUT2D eigenvalue weighted by Gasteiger charge is -2.28. The van der Waals surface area contributed by atoms with Crippen molar-refractivity contribution >= 4 is 11.9 Å². The maximum absolute atomic E-state index is 12.2. The lowest BCUT2D eigenvalue weighted by Crippen LogP contribution is -2.31. The van der Waals surface area contributed by atoms with Crippen molar-refractivity contribution in [1.29, 1.82) is 0 Å². The van der Waals surface area contributed by atoms with Crippen LogP contribution in [0.25, 0.3) is 0 Å². The van der Waals surface area contributed by atoms with Gasteiger partial charge in [-0.15, -0.1) is 0 Å². The molecule has 0 amide bonds. The van der Waals surface area contributed by atoms with Crippen LogP contribution in [0.4, 0.5) is 0 Å². The molecule has 0 fully saturated rings. The average Bonchev–Trinajstić information content (AvgIpc) is 2.64. The standard InChI is InChI=1S/C19H22O8/c1-3-12-13(14(18(23)25-2)10-27-19(12)24)9-17(22)26-7-6-11-4-5-15(20)16(21)8-11/h3-5,8,10,13,19-21,24H,6-7,9H2,1-2H3/t13-,19?/m0/s1. The Bertz CT molecular complexity index is 765. The van der Waals surface area contributed by atoms with Crippen molar-refractivity contribution in [2.45, 2.75) is 26.1 Å². The number of esters is 2. The van der Waals surface area contributed by atoms with Gasteiger partial charge in [-0.2, -0.15) is 0 Å². The van der Waals surface area contributed by atoms with Gasteiger partial charge >= 0.3 is 11.9 Å². The molecule has 27 heavy (non-hydrogen) atoms. The largest absolute Gasteiger partial charge is 0.504 e. The molecule has 0 saturated carbocycles. The number of carbonyl (C=O) groups excluding carboxylic acids is 2. The molecule has 1 aromatic carbocycles. The minimum atomic E-state index is -1.25. The van der Waals surface area contributed by atoms with Crippen LogP contribution in [0, 0.1) is 5.92 Å². The lowest BCUT2D eigenvalue weighted by atomic mass is 9.86. The van der Waals surface area contributed by atoms with Crippen LogP contribution in [0.5, 0.6) is 11.5 Å². The van der Waals surface area contributed by atoms with Crippen molar-refractivity contribution < 1.29 is 39.1 Å². The third kappa shape index (κ3) is 5.01. The van der Waals surface area contributed by atoms with Crippen LogP contribution in [0.3, 0.4) is 0 Å². The van der Waals surface area contributed by atoms with E-state index in [0.717, 1.165) is 6.26 Å². The molecular weight excluding hydrogens is 356 g/mol. The van der Waals surface area contributed by atoms with E-state index in [1.165, 1.54) is 19.2 Å². The van der Waals surface area contributed by atoms with Gasteiger partial charge in [-0.3, -0.25) is 4.79 Å². The second-order valence-corrected chi connectivity index (χ2v) is 5.89. The van der Waals surface area contributed by atoms with Crippen molar-refractivity contribution in [3.8, 4) is 11.5 Å². The molecule has 0 bridgehead atoms. The molecule has 1 heterocycles. The number of allylic oxidation sites excluding steroid dienone is 1. The second kappa shape index (κ2) is 9.09. The Kier molecular flexibility index (Phi) is 6.84. The fraction of sp³-hybridized carbons (Fsp3) is 0.368. The molecule has 2 atom stereocenters. The maximum atomic E-state index is 12.2. The number of phenolic OH excluding ortho intramolecular Hbond substituents is 2. The van der Waals surface area contributed by atoms with Crippen LogP contribution in [-0.2, 0) is 30.2 Å². The van der Waals surface area contributed by atoms with Gasteiger partial charge < -0.3 is 29.5 Å². The highest BCUT2D eigenvalue weighted by atomic mass is 16.6. The molecule has 0 saturated heterocycles. The molecule has 146 valence electrons. The fourth-order valence-electron chi connectivity index (χ4n) is 2.76. The van der Waals surface area contributed by atoms with E-state index in [0.29, 0.717) is 17.6 Å². The normalized spacial score (nSPS) is 20.6. The first kappa shape index (κ1) is 20.3. The molecule has 1 unspecified atom stereocenters. The van der Waals surface area contributed by atoms with Gasteiger partial charge in [0.05, 0.1) is 32.0 Å². The zero-order chi connectivity index (χ0) is 20.0. The third-order valence-electron chi connectivity index (χ3n) is 4.21. The van der Waals surface area contributed by atoms with Crippen molar-refractivity contribution in [2.24, 2.45) is 5.92 Å². The van der Waals surface area contributed by atoms with E-state index in [-0.39, 0.29) is 30.1 Å². The number of aliphatic hydroxyl groups excluding tert-OH is 1. The van der Waals surface area contributed by atoms with Crippen LogP contribution in [0.1, 0.15) is 18.9 Å². The number of phenols is 2. The highest BCUT2D eigenvalue weighted by Gasteiger charge is 2.35. The highest BCUT2D eigenvalue weighted by Crippen LogP contribution is 2.33. The number of rotatable bonds is 6. The molecule has 0 spiro atoms. The number of aromatic hydroxyl groups is 2. The van der Waals surface area contributed by atoms with E-state index in [4.69, 9.17) is 14.2 Å². The van der Waals surface area contributed by atoms with E-state index in [1.54, 1.807) is 19.1 Å². The number of carbonyl (C=O) groups is 2. The third-order valence-corrected chi connectivity index (χ3v) is 4.21. The predicted octanol–water partition coefficient (Wildman–Crippen LogP) is 1.54. The van der Waals surface area contributed by atoms with Gasteiger partial charge in [-0.05, 0) is 24.6 Å². The van der Waals surface area contributed by atoms with Crippen LogP contribution < -0.4 is 0 Å². The van der Waals surface area contributed by atoms with E-state index >= 15 is 0 Å². The molecule has 0 radical (unpaired) electrons. The second-order valence-electron chi connectivity index (χ2n) is 5.89. The summed E-state index contributed by atoms with van der Waals surface area (Å²) < 4.78 is 14.9. The Morgan fingerprint density at radius 1 is 1.26 bits per heavy atom. The smallest absolute Gasteiger partial charge is 0.337 e. The lowest BCUT2D eigenvalue weighted by molar-refractivity contribution is -0.145. The van der Waals surface area contributed by atoms with Crippen molar-refractivity contribution in [1.82, 2.24) is 0 Å². The minimum absolute atomic E-state index is 0.0528. The first-order valence-electron chi connectivity index (χ1n) is 8.31. The maximum Gasteiger partial charge on any atom is 0.337 e. The summed E-state index contributed by atoms with van der Waals surface area (Å²) in [5, 5.41) is 28.7. The Hall–Kier alpha value is -3.00. The Morgan fingerprint density at radius 3 is 2.63 bits per heavy atom. The molecule has 8 nitrogen and oxygen atoms in total. The SMILES string of the molecule is CC=C1C(O)OC=C(C(=O)OC)[C@H]1CC(=O)OCCc1ccc(O)c(O)c1. The molecule has 8 heteroatoms. The summed E-state index contributed by atoms with van der Waals surface area (Å²) in [6.45, 7) is 1.72. The molecule has 0 aliphatic carbocycles. The number of aliphatic hydroxyl groups is 1. The first-order chi connectivity index (χ1) is 12.9. The van der Waals surface area contributed by atoms with Crippen molar-refractivity contribution in [2.75, 3.05) is 13.7 Å². The van der Waals surface area contributed by atoms with E-state index in [2.05, 4.69) is 0 Å². The summed E-state index contributed by atoms with van der Waals surface area (Å²) in [7, 11) is 1.21. The van der Waals surface area contributed by atoms with Crippen LogP contribution in [0.2, 0.25) is 0 Å². The van der Waals surface area contributed by atoms with Gasteiger partial charge in [0.25, 0.3) is 0 Å². The Balaban J connectivity index is 1.99. The van der Waals surface area contributed by atoms with E-state index in [9.17, 15) is 24.9 Å². The zero-order valence-corrected chi connectivity index (χ0v) is 15.0. The average molecular weight is 378 g/mol. The van der Waals surface area contributed by atoms with Crippen LogP contribution in [-0.4, -0.2) is 47.3 Å². The molecular formula is C19H22O8. The van der Waals surface area contributed by atoms with Gasteiger partial charge in [0, 0.05) is 17.9 Å². The predicted molar refractivity (Wildman–Crippen MR) is 93.5 cm³/mol. The number of methoxy groups -OCH3 is 1. The summed E-state index contributed by atoms with van der Waals surface area (Å²) in [5.74, 6) is -2.41. The van der Waals surface area contributed by atoms with Crippen LogP contribution >= 0.6 is 0 Å². The number of hydrogen-bond acceptors (Lipinski definition) is 8. The van der Waals surface area contributed by atoms with Crippen molar-refractivity contribution in [3.05, 3.63) is 47.2 Å². The van der Waals surface area contributed by atoms with Crippen LogP contribution in [0.15, 0.2) is 41.7 Å². The van der Waals surface area contributed by atoms with E-state index < -0.39 is 24.1 Å². The number of benzene rings is 1. The summed E-state index contributed by atoms with van der Waals surface area (Å²) in [4.78, 5) is 24.1. The Labute approximate surface area is 156 Å². The van der Waals surface area contributed by atoms with Gasteiger partial charge in [-0.25, -0.2) is 4.79 Å². The number of ether oxygens (including phenoxy) is 3. The zero-order valence-electron chi connectivity index (χ0n) is 15.0. The first-order valence-corrected chi connectivity index (χ1v) is 8.31. The van der Waals surface area contributed by atoms with Gasteiger partial charge in [-0.1, -0.05) is 12.1 Å². The highest BCUT2D eigenvalue weighted by molar-refractivity contribution is 5.90. The number of hydrogen-bond donors (Lipinski definition) is 3. The van der Waals surface area contributed by atoms with Gasteiger partial charge in [0.2, 0.25) is 6.29 Å². The van der Waals surface area contributed by atoms with E-state index in [1.807, 2.05) is 0 Å². The molecule has 1 aliphatic heterocycles. The Morgan fingerprint density at radius 2 is 2.00 bits per heavy atom. The fourth-order valence-corrected chi connectivity index (χ4v) is 2.76. The van der Waals surface area contributed by atoms with Gasteiger partial charge in [0.1, 0.15) is 0 Å². The summed E-state index contributed by atoms with van der Waals surface area (Å²) in [6.07, 6.45) is 1.60. The summed E-state index contributed by atoms with van der Waals surface area (Å²) in [5.41, 5.74) is 1.18. The molecule has 3 N–H and O–H groups in total. The quantitative estimate of drug-likeness (QED) is 0.387. The summed E-state index contributed by atoms with van der Waals surface area (Å²) >= 11 is 0. The topological polar surface area (TPSA) is 123 Å². The molecule has 1 aliphatic rings. The summed E-state index contributed by atoms with van der Waals surface area (Å²) in [6, 6.07) is 4.34. The van der Waals surface area contributed by atoms with Gasteiger partial charge in [0.15, 0.2) is 11.5 Å². The molecule has 1 aromatic rings. The van der Waals surface area contributed by atoms with Crippen molar-refractivity contribution in [3.63, 3.8) is 0 Å². The monoisotopic (exact) mass is 378 g/mol. The minimum Gasteiger partial charge on any atom is -0.504 e. The molecule has 0 aromatic heterocycles.